The summed E-state index contributed by atoms with van der Waals surface area (Å²) in [4.78, 5) is 14.2. The molecular weight excluding hydrogens is 458 g/mol. The Morgan fingerprint density at radius 2 is 1.60 bits per heavy atom. The molecule has 2 aliphatic rings. The standard InChI is InChI=1S/C29H25NO4S/c1-19-14-16-21(17-15-19)35(32,33)34-26-22-11-8-18-29(2)23-12-6-7-13-24(23)30(27(22)29)28(31)25(26)20-9-4-3-5-10-20/h3-7,9-10,12-17H,8,11,18H2,1-2H3. The molecule has 0 spiro atoms. The molecule has 6 heteroatoms. The lowest BCUT2D eigenvalue weighted by atomic mass is 9.71. The number of para-hydroxylation sites is 1. The summed E-state index contributed by atoms with van der Waals surface area (Å²) >= 11 is 0. The van der Waals surface area contributed by atoms with E-state index in [4.69, 9.17) is 4.18 Å². The van der Waals surface area contributed by atoms with Crippen LogP contribution in [0.5, 0.6) is 5.75 Å². The molecular formula is C29H25NO4S. The molecule has 1 unspecified atom stereocenters. The fourth-order valence-corrected chi connectivity index (χ4v) is 6.66. The van der Waals surface area contributed by atoms with E-state index in [1.54, 1.807) is 28.8 Å². The predicted molar refractivity (Wildman–Crippen MR) is 136 cm³/mol. The molecule has 0 saturated carbocycles. The van der Waals surface area contributed by atoms with Crippen molar-refractivity contribution in [3.05, 3.63) is 112 Å². The summed E-state index contributed by atoms with van der Waals surface area (Å²) in [7, 11) is -4.16. The van der Waals surface area contributed by atoms with Crippen LogP contribution < -0.4 is 9.74 Å². The maximum atomic E-state index is 14.2. The minimum atomic E-state index is -4.16. The quantitative estimate of drug-likeness (QED) is 0.358. The van der Waals surface area contributed by atoms with Crippen LogP contribution in [-0.2, 0) is 22.0 Å². The summed E-state index contributed by atoms with van der Waals surface area (Å²) in [6.07, 6.45) is 2.38. The van der Waals surface area contributed by atoms with Gasteiger partial charge in [0, 0.05) is 16.7 Å². The van der Waals surface area contributed by atoms with E-state index < -0.39 is 10.1 Å². The van der Waals surface area contributed by atoms with Gasteiger partial charge < -0.3 is 4.18 Å². The highest BCUT2D eigenvalue weighted by Gasteiger charge is 2.46. The summed E-state index contributed by atoms with van der Waals surface area (Å²) in [6, 6.07) is 23.7. The van der Waals surface area contributed by atoms with Gasteiger partial charge in [-0.15, -0.1) is 0 Å². The number of aromatic nitrogens is 1. The lowest BCUT2D eigenvalue weighted by Gasteiger charge is -2.33. The first kappa shape index (κ1) is 21.9. The van der Waals surface area contributed by atoms with Gasteiger partial charge in [0.05, 0.1) is 11.3 Å². The summed E-state index contributed by atoms with van der Waals surface area (Å²) in [5.74, 6) is 0.159. The van der Waals surface area contributed by atoms with Gasteiger partial charge in [-0.25, -0.2) is 0 Å². The van der Waals surface area contributed by atoms with Gasteiger partial charge in [0.15, 0.2) is 5.75 Å². The van der Waals surface area contributed by atoms with Crippen LogP contribution in [0.2, 0.25) is 0 Å². The third-order valence-corrected chi connectivity index (χ3v) is 8.59. The minimum Gasteiger partial charge on any atom is -0.378 e. The number of hydrogen-bond donors (Lipinski definition) is 0. The maximum Gasteiger partial charge on any atom is 0.339 e. The highest BCUT2D eigenvalue weighted by molar-refractivity contribution is 7.87. The summed E-state index contributed by atoms with van der Waals surface area (Å²) in [5, 5.41) is 0. The molecule has 4 aromatic rings. The van der Waals surface area contributed by atoms with E-state index in [1.807, 2.05) is 55.5 Å². The van der Waals surface area contributed by atoms with E-state index in [0.717, 1.165) is 40.9 Å². The zero-order valence-electron chi connectivity index (χ0n) is 19.6. The van der Waals surface area contributed by atoms with Gasteiger partial charge in [0.1, 0.15) is 4.90 Å². The SMILES string of the molecule is Cc1ccc(S(=O)(=O)Oc2c3c4n(c(=O)c2-c2ccccc2)-c2ccccc2C4(C)CCC3)cc1. The highest BCUT2D eigenvalue weighted by atomic mass is 32.2. The van der Waals surface area contributed by atoms with Crippen LogP contribution >= 0.6 is 0 Å². The van der Waals surface area contributed by atoms with Gasteiger partial charge in [0.25, 0.3) is 5.56 Å². The minimum absolute atomic E-state index is 0.0665. The van der Waals surface area contributed by atoms with E-state index in [9.17, 15) is 13.2 Å². The molecule has 3 aromatic carbocycles. The van der Waals surface area contributed by atoms with E-state index in [-0.39, 0.29) is 27.2 Å². The summed E-state index contributed by atoms with van der Waals surface area (Å²) in [6.45, 7) is 4.04. The topological polar surface area (TPSA) is 65.4 Å². The third-order valence-electron chi connectivity index (χ3n) is 7.36. The van der Waals surface area contributed by atoms with Crippen molar-refractivity contribution in [1.82, 2.24) is 4.57 Å². The summed E-state index contributed by atoms with van der Waals surface area (Å²) < 4.78 is 34.6. The Morgan fingerprint density at radius 1 is 0.914 bits per heavy atom. The number of pyridine rings is 1. The van der Waals surface area contributed by atoms with Crippen molar-refractivity contribution in [3.8, 4) is 22.6 Å². The van der Waals surface area contributed by atoms with Gasteiger partial charge in [-0.3, -0.25) is 9.36 Å². The average Bonchev–Trinajstić information content (AvgIpc) is 3.13. The first-order valence-electron chi connectivity index (χ1n) is 11.8. The Hall–Kier alpha value is -3.64. The lowest BCUT2D eigenvalue weighted by molar-refractivity contribution is 0.441. The second-order valence-electron chi connectivity index (χ2n) is 9.59. The van der Waals surface area contributed by atoms with Gasteiger partial charge in [-0.2, -0.15) is 8.42 Å². The number of rotatable bonds is 4. The lowest BCUT2D eigenvalue weighted by Crippen LogP contribution is -2.33. The van der Waals surface area contributed by atoms with Crippen LogP contribution in [0.1, 0.15) is 42.1 Å². The second kappa shape index (κ2) is 7.68. The average molecular weight is 484 g/mol. The second-order valence-corrected chi connectivity index (χ2v) is 11.1. The van der Waals surface area contributed by atoms with Crippen molar-refractivity contribution in [1.29, 1.82) is 0 Å². The van der Waals surface area contributed by atoms with Crippen molar-refractivity contribution in [2.45, 2.75) is 43.4 Å². The monoisotopic (exact) mass is 483 g/mol. The molecule has 0 bridgehead atoms. The summed E-state index contributed by atoms with van der Waals surface area (Å²) in [5.41, 5.74) is 4.82. The molecule has 0 amide bonds. The Balaban J connectivity index is 1.68. The van der Waals surface area contributed by atoms with Crippen LogP contribution in [-0.4, -0.2) is 13.0 Å². The zero-order valence-corrected chi connectivity index (χ0v) is 20.4. The van der Waals surface area contributed by atoms with E-state index in [0.29, 0.717) is 12.0 Å². The fraction of sp³-hybridized carbons (Fsp3) is 0.207. The number of hydrogen-bond acceptors (Lipinski definition) is 4. The van der Waals surface area contributed by atoms with Crippen molar-refractivity contribution < 1.29 is 12.6 Å². The van der Waals surface area contributed by atoms with E-state index >= 15 is 0 Å². The van der Waals surface area contributed by atoms with Crippen LogP contribution in [0, 0.1) is 6.92 Å². The third kappa shape index (κ3) is 3.20. The Bertz CT molecular complexity index is 1640. The van der Waals surface area contributed by atoms with Gasteiger partial charge in [0.2, 0.25) is 0 Å². The smallest absolute Gasteiger partial charge is 0.339 e. The molecule has 2 heterocycles. The Morgan fingerprint density at radius 3 is 2.34 bits per heavy atom. The molecule has 35 heavy (non-hydrogen) atoms. The van der Waals surface area contributed by atoms with Gasteiger partial charge >= 0.3 is 10.1 Å². The van der Waals surface area contributed by atoms with Crippen LogP contribution in [0.4, 0.5) is 0 Å². The van der Waals surface area contributed by atoms with Crippen molar-refractivity contribution in [2.24, 2.45) is 0 Å². The van der Waals surface area contributed by atoms with Crippen molar-refractivity contribution in [2.75, 3.05) is 0 Å². The van der Waals surface area contributed by atoms with Crippen molar-refractivity contribution >= 4 is 10.1 Å². The fourth-order valence-electron chi connectivity index (χ4n) is 5.69. The molecule has 1 atom stereocenters. The number of fused-ring (bicyclic) bond motifs is 3. The van der Waals surface area contributed by atoms with Gasteiger partial charge in [-0.1, -0.05) is 66.2 Å². The maximum absolute atomic E-state index is 14.2. The van der Waals surface area contributed by atoms with Crippen LogP contribution in [0.15, 0.2) is 88.6 Å². The van der Waals surface area contributed by atoms with Crippen LogP contribution in [0.3, 0.4) is 0 Å². The Labute approximate surface area is 204 Å². The van der Waals surface area contributed by atoms with Crippen LogP contribution in [0.25, 0.3) is 16.8 Å². The van der Waals surface area contributed by atoms with E-state index in [2.05, 4.69) is 13.0 Å². The first-order valence-corrected chi connectivity index (χ1v) is 13.2. The molecule has 0 radical (unpaired) electrons. The van der Waals surface area contributed by atoms with Crippen molar-refractivity contribution in [3.63, 3.8) is 0 Å². The Kier molecular flexibility index (Phi) is 4.80. The molecule has 0 saturated heterocycles. The number of benzene rings is 3. The molecule has 0 N–H and O–H groups in total. The molecule has 0 fully saturated rings. The molecule has 176 valence electrons. The molecule has 6 rings (SSSR count). The first-order chi connectivity index (χ1) is 16.8. The highest BCUT2D eigenvalue weighted by Crippen LogP contribution is 2.52. The molecule has 1 aromatic heterocycles. The number of nitrogens with zero attached hydrogens (tertiary/aromatic N) is 1. The largest absolute Gasteiger partial charge is 0.378 e. The normalized spacial score (nSPS) is 18.1. The number of aryl methyl sites for hydroxylation is 1. The predicted octanol–water partition coefficient (Wildman–Crippen LogP) is 5.54. The molecule has 5 nitrogen and oxygen atoms in total. The van der Waals surface area contributed by atoms with E-state index in [1.165, 1.54) is 0 Å². The molecule has 1 aliphatic heterocycles. The molecule has 1 aliphatic carbocycles. The zero-order chi connectivity index (χ0) is 24.4. The van der Waals surface area contributed by atoms with Gasteiger partial charge in [-0.05, 0) is 62.4 Å².